The fourth-order valence-electron chi connectivity index (χ4n) is 4.62. The van der Waals surface area contributed by atoms with Crippen molar-refractivity contribution >= 4 is 63.0 Å². The van der Waals surface area contributed by atoms with E-state index in [2.05, 4.69) is 31.6 Å². The molecule has 0 aliphatic carbocycles. The second-order valence-corrected chi connectivity index (χ2v) is 15.2. The third kappa shape index (κ3) is 11.8. The maximum absolute atomic E-state index is 12.5. The second-order valence-electron chi connectivity index (χ2n) is 11.2. The topological polar surface area (TPSA) is 151 Å². The highest BCUT2D eigenvalue weighted by Crippen LogP contribution is 2.33. The molecule has 0 spiro atoms. The van der Waals surface area contributed by atoms with E-state index < -0.39 is 11.6 Å². The molecule has 3 rings (SSSR count). The van der Waals surface area contributed by atoms with Crippen LogP contribution in [0.15, 0.2) is 12.3 Å². The van der Waals surface area contributed by atoms with Crippen molar-refractivity contribution < 1.29 is 23.9 Å². The number of fused-ring (bicyclic) bond motifs is 1. The van der Waals surface area contributed by atoms with Crippen LogP contribution in [0.25, 0.3) is 0 Å². The lowest BCUT2D eigenvalue weighted by Gasteiger charge is -2.20. The first-order valence-electron chi connectivity index (χ1n) is 14.4. The third-order valence-corrected chi connectivity index (χ3v) is 10.5. The van der Waals surface area contributed by atoms with Gasteiger partial charge in [-0.05, 0) is 51.7 Å². The molecule has 0 aromatic carbocycles. The molecule has 1 aromatic rings. The summed E-state index contributed by atoms with van der Waals surface area (Å²) in [4.78, 5) is 52.7. The quantitative estimate of drug-likeness (QED) is 0.0743. The highest BCUT2D eigenvalue weighted by Gasteiger charge is 2.42. The summed E-state index contributed by atoms with van der Waals surface area (Å²) in [5.41, 5.74) is 0.530. The maximum Gasteiger partial charge on any atom is 0.342 e. The first-order valence-corrected chi connectivity index (χ1v) is 18.0. The Balaban J connectivity index is 1.18. The van der Waals surface area contributed by atoms with Gasteiger partial charge < -0.3 is 31.3 Å². The summed E-state index contributed by atoms with van der Waals surface area (Å²) in [6.07, 6.45) is 5.80. The fourth-order valence-corrected chi connectivity index (χ4v) is 7.98. The number of amides is 4. The number of carbonyl (C=O) groups excluding carboxylic acids is 4. The molecule has 42 heavy (non-hydrogen) atoms. The predicted molar refractivity (Wildman–Crippen MR) is 172 cm³/mol. The Morgan fingerprint density at radius 1 is 1.07 bits per heavy atom. The first kappa shape index (κ1) is 34.2. The summed E-state index contributed by atoms with van der Waals surface area (Å²) in [5.74, 6) is 2.54. The molecule has 0 bridgehead atoms. The van der Waals surface area contributed by atoms with Gasteiger partial charge in [-0.1, -0.05) is 28.0 Å². The number of rotatable bonds is 17. The van der Waals surface area contributed by atoms with Crippen LogP contribution in [0, 0.1) is 0 Å². The molecular formula is C28H44N6O5S3. The average molecular weight is 641 g/mol. The van der Waals surface area contributed by atoms with Crippen LogP contribution in [-0.2, 0) is 20.7 Å². The highest BCUT2D eigenvalue weighted by atomic mass is 33.1. The normalized spacial score (nSPS) is 19.4. The Hall–Kier alpha value is -2.32. The Morgan fingerprint density at radius 2 is 1.76 bits per heavy atom. The summed E-state index contributed by atoms with van der Waals surface area (Å²) in [5, 5.41) is 15.2. The number of urea groups is 1. The standard InChI is InChI=1S/C28H44N6O5S3/c1-28(2,3)39-26(37)19-15-18(16-32-25(19)29-4)9-10-23(36)31-12-14-42-41-13-11-30-22(35)8-6-5-7-21-24-20(17-40-21)33-27(38)34-24/h15-16,20-21,24H,5-14,17H2,1-4H3,(H,29,32)(H,30,35)(H,31,36)(H2,33,34,38)/t20-,21?,24-/m0/s1. The van der Waals surface area contributed by atoms with E-state index in [1.807, 2.05) is 32.5 Å². The molecule has 5 N–H and O–H groups in total. The summed E-state index contributed by atoms with van der Waals surface area (Å²) in [7, 11) is 5.03. The molecule has 1 unspecified atom stereocenters. The van der Waals surface area contributed by atoms with Gasteiger partial charge in [0.1, 0.15) is 17.0 Å². The van der Waals surface area contributed by atoms with Crippen molar-refractivity contribution in [2.75, 3.05) is 42.7 Å². The second kappa shape index (κ2) is 17.1. The van der Waals surface area contributed by atoms with Gasteiger partial charge in [0.25, 0.3) is 0 Å². The molecule has 3 atom stereocenters. The molecule has 14 heteroatoms. The van der Waals surface area contributed by atoms with Crippen molar-refractivity contribution in [1.82, 2.24) is 26.3 Å². The minimum absolute atomic E-state index is 0.0552. The number of nitrogens with zero attached hydrogens (tertiary/aromatic N) is 1. The molecule has 234 valence electrons. The Kier molecular flexibility index (Phi) is 13.9. The van der Waals surface area contributed by atoms with Crippen LogP contribution in [0.5, 0.6) is 0 Å². The maximum atomic E-state index is 12.5. The van der Waals surface area contributed by atoms with Crippen molar-refractivity contribution in [3.05, 3.63) is 23.4 Å². The van der Waals surface area contributed by atoms with Gasteiger partial charge in [0.2, 0.25) is 11.8 Å². The SMILES string of the molecule is CNc1ncc(CCC(=O)NCCSSCCNC(=O)CCCCC2SC[C@@H]3NC(=O)N[C@H]23)cc1C(=O)OC(C)(C)C. The molecule has 3 heterocycles. The van der Waals surface area contributed by atoms with Gasteiger partial charge in [-0.3, -0.25) is 9.59 Å². The van der Waals surface area contributed by atoms with Crippen molar-refractivity contribution in [3.63, 3.8) is 0 Å². The number of anilines is 1. The van der Waals surface area contributed by atoms with Crippen molar-refractivity contribution in [3.8, 4) is 0 Å². The number of nitrogens with one attached hydrogen (secondary N) is 5. The van der Waals surface area contributed by atoms with E-state index in [9.17, 15) is 19.2 Å². The predicted octanol–water partition coefficient (Wildman–Crippen LogP) is 3.35. The molecule has 4 amide bonds. The van der Waals surface area contributed by atoms with Crippen molar-refractivity contribution in [2.24, 2.45) is 0 Å². The lowest BCUT2D eigenvalue weighted by atomic mass is 10.0. The lowest BCUT2D eigenvalue weighted by Crippen LogP contribution is -2.36. The number of esters is 1. The van der Waals surface area contributed by atoms with Crippen LogP contribution in [0.1, 0.15) is 68.8 Å². The molecule has 1 aromatic heterocycles. The highest BCUT2D eigenvalue weighted by molar-refractivity contribution is 8.76. The molecule has 0 radical (unpaired) electrons. The Morgan fingerprint density at radius 3 is 2.43 bits per heavy atom. The van der Waals surface area contributed by atoms with E-state index in [0.717, 1.165) is 42.1 Å². The van der Waals surface area contributed by atoms with Crippen LogP contribution in [0.2, 0.25) is 0 Å². The fraction of sp³-hybridized carbons (Fsp3) is 0.679. The van der Waals surface area contributed by atoms with Gasteiger partial charge in [-0.15, -0.1) is 0 Å². The summed E-state index contributed by atoms with van der Waals surface area (Å²) in [6, 6.07) is 2.13. The van der Waals surface area contributed by atoms with Crippen molar-refractivity contribution in [2.45, 2.75) is 82.2 Å². The summed E-state index contributed by atoms with van der Waals surface area (Å²) < 4.78 is 5.47. The molecular weight excluding hydrogens is 597 g/mol. The molecule has 2 saturated heterocycles. The van der Waals surface area contributed by atoms with E-state index in [0.29, 0.717) is 49.0 Å². The summed E-state index contributed by atoms with van der Waals surface area (Å²) in [6.45, 7) is 6.62. The van der Waals surface area contributed by atoms with Crippen LogP contribution < -0.4 is 26.6 Å². The molecule has 2 aliphatic rings. The molecule has 2 fully saturated rings. The number of hydrogen-bond donors (Lipinski definition) is 5. The molecule has 0 saturated carbocycles. The van der Waals surface area contributed by atoms with E-state index in [-0.39, 0.29) is 29.9 Å². The van der Waals surface area contributed by atoms with Gasteiger partial charge in [-0.2, -0.15) is 11.8 Å². The first-order chi connectivity index (χ1) is 20.1. The minimum Gasteiger partial charge on any atom is -0.456 e. The monoisotopic (exact) mass is 640 g/mol. The van der Waals surface area contributed by atoms with Gasteiger partial charge in [0, 0.05) is 61.7 Å². The molecule has 11 nitrogen and oxygen atoms in total. The van der Waals surface area contributed by atoms with E-state index in [1.54, 1.807) is 40.9 Å². The third-order valence-electron chi connectivity index (χ3n) is 6.62. The van der Waals surface area contributed by atoms with Crippen LogP contribution in [-0.4, -0.2) is 89.1 Å². The van der Waals surface area contributed by atoms with Crippen molar-refractivity contribution in [1.29, 1.82) is 0 Å². The number of pyridine rings is 1. The van der Waals surface area contributed by atoms with E-state index in [4.69, 9.17) is 4.74 Å². The van der Waals surface area contributed by atoms with Gasteiger partial charge in [-0.25, -0.2) is 14.6 Å². The number of aryl methyl sites for hydroxylation is 1. The zero-order valence-corrected chi connectivity index (χ0v) is 27.3. The van der Waals surface area contributed by atoms with Gasteiger partial charge in [0.15, 0.2) is 0 Å². The number of hydrogen-bond acceptors (Lipinski definition) is 10. The minimum atomic E-state index is -0.614. The largest absolute Gasteiger partial charge is 0.456 e. The zero-order valence-electron chi connectivity index (χ0n) is 24.9. The van der Waals surface area contributed by atoms with E-state index in [1.165, 1.54) is 0 Å². The Bertz CT molecular complexity index is 1090. The molecule has 2 aliphatic heterocycles. The number of carbonyl (C=O) groups is 4. The summed E-state index contributed by atoms with van der Waals surface area (Å²) >= 11 is 1.90. The van der Waals surface area contributed by atoms with E-state index >= 15 is 0 Å². The number of thioether (sulfide) groups is 1. The number of aromatic nitrogens is 1. The average Bonchev–Trinajstić information content (AvgIpc) is 3.49. The number of unbranched alkanes of at least 4 members (excludes halogenated alkanes) is 1. The van der Waals surface area contributed by atoms with Crippen LogP contribution >= 0.6 is 33.3 Å². The lowest BCUT2D eigenvalue weighted by molar-refractivity contribution is -0.121. The van der Waals surface area contributed by atoms with Crippen LogP contribution in [0.4, 0.5) is 10.6 Å². The smallest absolute Gasteiger partial charge is 0.342 e. The van der Waals surface area contributed by atoms with Gasteiger partial charge in [0.05, 0.1) is 12.1 Å². The van der Waals surface area contributed by atoms with Crippen LogP contribution in [0.3, 0.4) is 0 Å². The Labute approximate surface area is 260 Å². The zero-order chi connectivity index (χ0) is 30.5. The number of ether oxygens (including phenoxy) is 1. The van der Waals surface area contributed by atoms with Gasteiger partial charge >= 0.3 is 12.0 Å².